The lowest BCUT2D eigenvalue weighted by atomic mass is 9.95. The van der Waals surface area contributed by atoms with Gasteiger partial charge in [-0.1, -0.05) is 47.6 Å². The fraction of sp³-hybridized carbons (Fsp3) is 0.269. The van der Waals surface area contributed by atoms with E-state index in [9.17, 15) is 18.0 Å². The molecule has 6 rings (SSSR count). The Morgan fingerprint density at radius 3 is 2.58 bits per heavy atom. The van der Waals surface area contributed by atoms with Gasteiger partial charge in [-0.15, -0.1) is 11.3 Å². The highest BCUT2D eigenvalue weighted by Gasteiger charge is 2.40. The summed E-state index contributed by atoms with van der Waals surface area (Å²) in [5, 5.41) is 13.2. The number of rotatable bonds is 5. The number of hydrogen-bond donors (Lipinski definition) is 1. The number of nitrogens with zero attached hydrogens (tertiary/aromatic N) is 3. The van der Waals surface area contributed by atoms with Crippen LogP contribution < -0.4 is 0 Å². The Morgan fingerprint density at radius 2 is 1.86 bits per heavy atom. The molecule has 1 aliphatic carbocycles. The lowest BCUT2D eigenvalue weighted by Gasteiger charge is -2.41. The monoisotopic (exact) mass is 511 g/mol. The number of carbonyl (C=O) groups is 1. The van der Waals surface area contributed by atoms with Crippen molar-refractivity contribution in [2.75, 3.05) is 13.1 Å². The molecule has 4 aromatic rings. The predicted molar refractivity (Wildman–Crippen MR) is 127 cm³/mol. The molecule has 36 heavy (non-hydrogen) atoms. The molecule has 1 fully saturated rings. The molecule has 2 aromatic carbocycles. The first-order chi connectivity index (χ1) is 17.3. The largest absolute Gasteiger partial charge is 0.481 e. The number of aliphatic carboxylic acids is 1. The summed E-state index contributed by atoms with van der Waals surface area (Å²) in [7, 11) is 0. The van der Waals surface area contributed by atoms with Gasteiger partial charge in [0, 0.05) is 30.3 Å². The minimum atomic E-state index is -4.51. The summed E-state index contributed by atoms with van der Waals surface area (Å²) in [6, 6.07) is 16.0. The molecule has 1 N–H and O–H groups in total. The predicted octanol–water partition coefficient (Wildman–Crippen LogP) is 6.15. The maximum absolute atomic E-state index is 13.8. The van der Waals surface area contributed by atoms with Gasteiger partial charge in [0.2, 0.25) is 5.82 Å². The van der Waals surface area contributed by atoms with Crippen molar-refractivity contribution in [3.05, 3.63) is 70.6 Å². The van der Waals surface area contributed by atoms with Gasteiger partial charge >= 0.3 is 12.1 Å². The minimum absolute atomic E-state index is 0.0429. The SMILES string of the molecule is O=C(O)C1CN(C2CCc3cc(-c4noc(-c5cc(-c6ccccc6)c(C(F)(F)F)s5)n4)ccc32)C1. The third-order valence-electron chi connectivity index (χ3n) is 6.86. The van der Waals surface area contributed by atoms with E-state index in [1.54, 1.807) is 30.3 Å². The molecule has 1 aliphatic heterocycles. The lowest BCUT2D eigenvalue weighted by Crippen LogP contribution is -2.51. The van der Waals surface area contributed by atoms with Crippen LogP contribution in [0.2, 0.25) is 0 Å². The molecule has 6 nitrogen and oxygen atoms in total. The number of thiophene rings is 1. The van der Waals surface area contributed by atoms with Gasteiger partial charge in [-0.25, -0.2) is 0 Å². The van der Waals surface area contributed by atoms with Crippen molar-refractivity contribution in [2.45, 2.75) is 25.1 Å². The molecule has 2 aromatic heterocycles. The van der Waals surface area contributed by atoms with Gasteiger partial charge in [0.05, 0.1) is 10.8 Å². The minimum Gasteiger partial charge on any atom is -0.481 e. The standard InChI is InChI=1S/C26H20F3N3O3S/c27-26(28,29)22-19(14-4-2-1-3-5-14)11-21(36-22)24-30-23(31-35-24)16-6-8-18-15(10-16)7-9-20(18)32-12-17(13-32)25(33)34/h1-6,8,10-11,17,20H,7,9,12-13H2,(H,33,34). The zero-order chi connectivity index (χ0) is 25.0. The van der Waals surface area contributed by atoms with Gasteiger partial charge in [0.25, 0.3) is 5.89 Å². The van der Waals surface area contributed by atoms with Crippen LogP contribution in [-0.2, 0) is 17.4 Å². The highest BCUT2D eigenvalue weighted by atomic mass is 32.1. The van der Waals surface area contributed by atoms with Gasteiger partial charge in [0.15, 0.2) is 0 Å². The molecule has 0 bridgehead atoms. The van der Waals surface area contributed by atoms with Crippen LogP contribution in [0.15, 0.2) is 59.1 Å². The summed E-state index contributed by atoms with van der Waals surface area (Å²) < 4.78 is 46.6. The summed E-state index contributed by atoms with van der Waals surface area (Å²) in [6.45, 7) is 1.11. The van der Waals surface area contributed by atoms with Gasteiger partial charge in [0.1, 0.15) is 4.88 Å². The van der Waals surface area contributed by atoms with Crippen molar-refractivity contribution in [1.82, 2.24) is 15.0 Å². The van der Waals surface area contributed by atoms with Crippen LogP contribution in [0.3, 0.4) is 0 Å². The van der Waals surface area contributed by atoms with Crippen LogP contribution in [0.1, 0.15) is 28.5 Å². The second kappa shape index (κ2) is 8.56. The van der Waals surface area contributed by atoms with E-state index < -0.39 is 17.0 Å². The molecular weight excluding hydrogens is 491 g/mol. The van der Waals surface area contributed by atoms with Crippen molar-refractivity contribution in [2.24, 2.45) is 5.92 Å². The molecule has 184 valence electrons. The van der Waals surface area contributed by atoms with E-state index in [0.29, 0.717) is 35.8 Å². The van der Waals surface area contributed by atoms with Crippen LogP contribution in [-0.4, -0.2) is 39.2 Å². The number of aromatic nitrogens is 2. The van der Waals surface area contributed by atoms with Crippen molar-refractivity contribution in [1.29, 1.82) is 0 Å². The van der Waals surface area contributed by atoms with E-state index in [4.69, 9.17) is 9.63 Å². The highest BCUT2D eigenvalue weighted by molar-refractivity contribution is 7.16. The Labute approximate surface area is 208 Å². The number of carboxylic acids is 1. The number of carboxylic acid groups (broad SMARTS) is 1. The third kappa shape index (κ3) is 4.00. The number of likely N-dealkylation sites (tertiary alicyclic amines) is 1. The molecule has 2 aliphatic rings. The van der Waals surface area contributed by atoms with E-state index in [-0.39, 0.29) is 28.3 Å². The smallest absolute Gasteiger partial charge is 0.426 e. The van der Waals surface area contributed by atoms with Crippen molar-refractivity contribution in [3.8, 4) is 33.3 Å². The second-order valence-electron chi connectivity index (χ2n) is 9.10. The lowest BCUT2D eigenvalue weighted by molar-refractivity contribution is -0.148. The van der Waals surface area contributed by atoms with E-state index in [0.717, 1.165) is 24.0 Å². The number of benzene rings is 2. The maximum atomic E-state index is 13.8. The zero-order valence-electron chi connectivity index (χ0n) is 18.8. The Hall–Kier alpha value is -3.50. The van der Waals surface area contributed by atoms with Crippen LogP contribution in [0.5, 0.6) is 0 Å². The van der Waals surface area contributed by atoms with Gasteiger partial charge < -0.3 is 9.63 Å². The Morgan fingerprint density at radius 1 is 1.08 bits per heavy atom. The number of alkyl halides is 3. The first-order valence-corrected chi connectivity index (χ1v) is 12.3. The van der Waals surface area contributed by atoms with E-state index >= 15 is 0 Å². The molecule has 0 spiro atoms. The Balaban J connectivity index is 1.27. The van der Waals surface area contributed by atoms with Crippen LogP contribution in [0, 0.1) is 5.92 Å². The Bertz CT molecular complexity index is 1440. The molecule has 1 atom stereocenters. The number of aryl methyl sites for hydroxylation is 1. The summed E-state index contributed by atoms with van der Waals surface area (Å²) in [6.07, 6.45) is -2.73. The van der Waals surface area contributed by atoms with Crippen molar-refractivity contribution >= 4 is 17.3 Å². The third-order valence-corrected chi connectivity index (χ3v) is 8.03. The summed E-state index contributed by atoms with van der Waals surface area (Å²) >= 11 is 0.589. The molecule has 10 heteroatoms. The Kier molecular flexibility index (Phi) is 5.45. The topological polar surface area (TPSA) is 79.5 Å². The van der Waals surface area contributed by atoms with Gasteiger partial charge in [-0.05, 0) is 41.7 Å². The first kappa shape index (κ1) is 22.9. The summed E-state index contributed by atoms with van der Waals surface area (Å²) in [5.74, 6) is -0.698. The quantitative estimate of drug-likeness (QED) is 0.346. The van der Waals surface area contributed by atoms with Crippen LogP contribution in [0.25, 0.3) is 33.3 Å². The fourth-order valence-electron chi connectivity index (χ4n) is 5.02. The summed E-state index contributed by atoms with van der Waals surface area (Å²) in [5.41, 5.74) is 3.60. The highest BCUT2D eigenvalue weighted by Crippen LogP contribution is 2.46. The average Bonchev–Trinajstić information content (AvgIpc) is 3.56. The van der Waals surface area contributed by atoms with E-state index in [1.807, 2.05) is 18.2 Å². The van der Waals surface area contributed by atoms with Crippen molar-refractivity contribution < 1.29 is 27.6 Å². The molecule has 3 heterocycles. The van der Waals surface area contributed by atoms with Crippen LogP contribution in [0.4, 0.5) is 13.2 Å². The fourth-order valence-corrected chi connectivity index (χ4v) is 5.99. The van der Waals surface area contributed by atoms with Crippen LogP contribution >= 0.6 is 11.3 Å². The number of fused-ring (bicyclic) bond motifs is 1. The molecule has 0 amide bonds. The van der Waals surface area contributed by atoms with E-state index in [2.05, 4.69) is 15.0 Å². The molecular formula is C26H20F3N3O3S. The first-order valence-electron chi connectivity index (χ1n) is 11.5. The van der Waals surface area contributed by atoms with Gasteiger partial charge in [-0.2, -0.15) is 18.2 Å². The number of hydrogen-bond acceptors (Lipinski definition) is 6. The average molecular weight is 512 g/mol. The maximum Gasteiger partial charge on any atom is 0.426 e. The molecule has 1 saturated heterocycles. The zero-order valence-corrected chi connectivity index (χ0v) is 19.6. The molecule has 0 saturated carbocycles. The van der Waals surface area contributed by atoms with Gasteiger partial charge in [-0.3, -0.25) is 9.69 Å². The second-order valence-corrected chi connectivity index (χ2v) is 10.1. The molecule has 1 unspecified atom stereocenters. The molecule has 0 radical (unpaired) electrons. The van der Waals surface area contributed by atoms with Crippen molar-refractivity contribution in [3.63, 3.8) is 0 Å². The number of halogens is 3. The van der Waals surface area contributed by atoms with E-state index in [1.165, 1.54) is 11.6 Å². The summed E-state index contributed by atoms with van der Waals surface area (Å²) in [4.78, 5) is 17.3. The normalized spacial score (nSPS) is 18.2.